The number of amides is 4. The molecule has 0 saturated carbocycles. The fourth-order valence-corrected chi connectivity index (χ4v) is 3.11. The van der Waals surface area contributed by atoms with Crippen molar-refractivity contribution >= 4 is 41.4 Å². The highest BCUT2D eigenvalue weighted by atomic mass is 32.2. The van der Waals surface area contributed by atoms with Crippen LogP contribution in [0.4, 0.5) is 0 Å². The zero-order chi connectivity index (χ0) is 25.0. The highest BCUT2D eigenvalue weighted by Gasteiger charge is 2.32. The minimum Gasteiger partial charge on any atom is -0.480 e. The molecule has 0 fully saturated rings. The third-order valence-electron chi connectivity index (χ3n) is 4.43. The Balaban J connectivity index is 5.49. The summed E-state index contributed by atoms with van der Waals surface area (Å²) in [6.07, 6.45) is 0.407. The zero-order valence-electron chi connectivity index (χ0n) is 18.8. The molecule has 5 atom stereocenters. The van der Waals surface area contributed by atoms with Crippen molar-refractivity contribution in [2.45, 2.75) is 70.3 Å². The largest absolute Gasteiger partial charge is 0.480 e. The van der Waals surface area contributed by atoms with Gasteiger partial charge >= 0.3 is 5.97 Å². The number of thioether (sulfide) groups is 1. The standard InChI is InChI=1S/C19H35N5O7S/c1-9(2)7-12(16(27)22-11(19(30)31)5-6-32-4)23-17(28)13(8-14(20)26)24-18(29)15(21)10(3)25/h9-13,15,25H,5-8,21H2,1-4H3,(H2,20,26)(H,22,27)(H,23,28)(H,24,29)(H,30,31). The van der Waals surface area contributed by atoms with Gasteiger partial charge in [0.25, 0.3) is 0 Å². The third-order valence-corrected chi connectivity index (χ3v) is 5.07. The number of primary amides is 1. The second-order valence-electron chi connectivity index (χ2n) is 7.87. The molecule has 0 aromatic heterocycles. The van der Waals surface area contributed by atoms with Crippen LogP contribution in [-0.2, 0) is 24.0 Å². The molecule has 0 aromatic rings. The number of carbonyl (C=O) groups is 5. The molecule has 0 saturated heterocycles. The van der Waals surface area contributed by atoms with Crippen LogP contribution in [0, 0.1) is 5.92 Å². The van der Waals surface area contributed by atoms with Gasteiger partial charge in [-0.2, -0.15) is 11.8 Å². The van der Waals surface area contributed by atoms with E-state index >= 15 is 0 Å². The SMILES string of the molecule is CSCCC(NC(=O)C(CC(C)C)NC(=O)C(CC(N)=O)NC(=O)C(N)C(C)O)C(=O)O. The van der Waals surface area contributed by atoms with Gasteiger partial charge in [0, 0.05) is 0 Å². The Labute approximate surface area is 191 Å². The average Bonchev–Trinajstić information content (AvgIpc) is 2.67. The molecule has 0 heterocycles. The first-order valence-electron chi connectivity index (χ1n) is 10.1. The number of aliphatic hydroxyl groups is 1. The molecule has 0 radical (unpaired) electrons. The molecule has 0 spiro atoms. The minimum absolute atomic E-state index is 0.0478. The molecule has 32 heavy (non-hydrogen) atoms. The number of nitrogens with two attached hydrogens (primary N) is 2. The van der Waals surface area contributed by atoms with Crippen LogP contribution in [-0.4, -0.2) is 82.1 Å². The molecule has 184 valence electrons. The second kappa shape index (κ2) is 14.6. The number of aliphatic hydroxyl groups excluding tert-OH is 1. The highest BCUT2D eigenvalue weighted by molar-refractivity contribution is 7.98. The second-order valence-corrected chi connectivity index (χ2v) is 8.86. The first-order valence-corrected chi connectivity index (χ1v) is 11.5. The monoisotopic (exact) mass is 477 g/mol. The van der Waals surface area contributed by atoms with E-state index in [1.165, 1.54) is 18.7 Å². The summed E-state index contributed by atoms with van der Waals surface area (Å²) in [6, 6.07) is -5.03. The average molecular weight is 478 g/mol. The first-order chi connectivity index (χ1) is 14.8. The number of nitrogens with one attached hydrogen (secondary N) is 3. The van der Waals surface area contributed by atoms with Gasteiger partial charge in [-0.05, 0) is 37.7 Å². The van der Waals surface area contributed by atoms with Crippen molar-refractivity contribution in [3.05, 3.63) is 0 Å². The zero-order valence-corrected chi connectivity index (χ0v) is 19.6. The fraction of sp³-hybridized carbons (Fsp3) is 0.737. The van der Waals surface area contributed by atoms with Crippen molar-refractivity contribution in [3.8, 4) is 0 Å². The Morgan fingerprint density at radius 1 is 0.906 bits per heavy atom. The summed E-state index contributed by atoms with van der Waals surface area (Å²) in [5.41, 5.74) is 10.7. The van der Waals surface area contributed by atoms with Gasteiger partial charge in [-0.3, -0.25) is 19.2 Å². The van der Waals surface area contributed by atoms with Crippen molar-refractivity contribution in [1.29, 1.82) is 0 Å². The summed E-state index contributed by atoms with van der Waals surface area (Å²) in [6.45, 7) is 4.89. The lowest BCUT2D eigenvalue weighted by atomic mass is 10.0. The van der Waals surface area contributed by atoms with Crippen LogP contribution in [0.3, 0.4) is 0 Å². The van der Waals surface area contributed by atoms with Gasteiger partial charge in [0.2, 0.25) is 23.6 Å². The van der Waals surface area contributed by atoms with Crippen molar-refractivity contribution in [2.24, 2.45) is 17.4 Å². The summed E-state index contributed by atoms with van der Waals surface area (Å²) in [4.78, 5) is 60.4. The number of hydrogen-bond donors (Lipinski definition) is 7. The van der Waals surface area contributed by atoms with E-state index in [4.69, 9.17) is 11.5 Å². The van der Waals surface area contributed by atoms with Crippen molar-refractivity contribution in [1.82, 2.24) is 16.0 Å². The molecule has 5 unspecified atom stereocenters. The molecule has 9 N–H and O–H groups in total. The number of carboxylic acids is 1. The maximum atomic E-state index is 12.8. The topological polar surface area (TPSA) is 214 Å². The van der Waals surface area contributed by atoms with Crippen LogP contribution in [0.1, 0.15) is 40.0 Å². The number of rotatable bonds is 15. The van der Waals surface area contributed by atoms with Gasteiger partial charge in [0.15, 0.2) is 0 Å². The number of carboxylic acid groups (broad SMARTS) is 1. The Bertz CT molecular complexity index is 674. The Morgan fingerprint density at radius 2 is 1.41 bits per heavy atom. The maximum absolute atomic E-state index is 12.8. The summed E-state index contributed by atoms with van der Waals surface area (Å²) in [5, 5.41) is 25.9. The molecule has 0 aliphatic carbocycles. The van der Waals surface area contributed by atoms with E-state index in [2.05, 4.69) is 16.0 Å². The molecular formula is C19H35N5O7S. The van der Waals surface area contributed by atoms with Gasteiger partial charge in [0.1, 0.15) is 24.2 Å². The molecule has 0 aromatic carbocycles. The predicted octanol–water partition coefficient (Wildman–Crippen LogP) is -2.09. The highest BCUT2D eigenvalue weighted by Crippen LogP contribution is 2.08. The van der Waals surface area contributed by atoms with Gasteiger partial charge in [-0.1, -0.05) is 13.8 Å². The van der Waals surface area contributed by atoms with E-state index in [1.54, 1.807) is 20.1 Å². The Morgan fingerprint density at radius 3 is 1.84 bits per heavy atom. The van der Waals surface area contributed by atoms with Crippen LogP contribution in [0.2, 0.25) is 0 Å². The Kier molecular flexibility index (Phi) is 13.5. The number of aliphatic carboxylic acids is 1. The quantitative estimate of drug-likeness (QED) is 0.137. The lowest BCUT2D eigenvalue weighted by Gasteiger charge is -2.26. The molecule has 4 amide bonds. The van der Waals surface area contributed by atoms with Crippen LogP contribution >= 0.6 is 11.8 Å². The van der Waals surface area contributed by atoms with Crippen LogP contribution in [0.15, 0.2) is 0 Å². The van der Waals surface area contributed by atoms with Crippen LogP contribution < -0.4 is 27.4 Å². The predicted molar refractivity (Wildman–Crippen MR) is 119 cm³/mol. The third kappa shape index (κ3) is 11.3. The van der Waals surface area contributed by atoms with Crippen LogP contribution in [0.25, 0.3) is 0 Å². The smallest absolute Gasteiger partial charge is 0.326 e. The fourth-order valence-electron chi connectivity index (χ4n) is 2.64. The van der Waals surface area contributed by atoms with E-state index in [-0.39, 0.29) is 18.8 Å². The molecule has 0 aliphatic rings. The first kappa shape index (κ1) is 29.6. The minimum atomic E-state index is -1.43. The van der Waals surface area contributed by atoms with Gasteiger partial charge in [-0.25, -0.2) is 4.79 Å². The van der Waals surface area contributed by atoms with Gasteiger partial charge in [-0.15, -0.1) is 0 Å². The lowest BCUT2D eigenvalue weighted by Crippen LogP contribution is -2.58. The Hall–Kier alpha value is -2.38. The van der Waals surface area contributed by atoms with E-state index in [1.807, 2.05) is 0 Å². The van der Waals surface area contributed by atoms with Gasteiger partial charge < -0.3 is 37.6 Å². The summed E-state index contributed by atoms with van der Waals surface area (Å²) < 4.78 is 0. The van der Waals surface area contributed by atoms with E-state index < -0.39 is 66.3 Å². The van der Waals surface area contributed by atoms with Crippen LogP contribution in [0.5, 0.6) is 0 Å². The van der Waals surface area contributed by atoms with Crippen molar-refractivity contribution in [3.63, 3.8) is 0 Å². The summed E-state index contributed by atoms with van der Waals surface area (Å²) in [7, 11) is 0. The molecular weight excluding hydrogens is 442 g/mol. The van der Waals surface area contributed by atoms with E-state index in [0.29, 0.717) is 5.75 Å². The van der Waals surface area contributed by atoms with E-state index in [9.17, 15) is 34.2 Å². The normalized spacial score (nSPS) is 15.7. The summed E-state index contributed by atoms with van der Waals surface area (Å²) >= 11 is 1.43. The molecule has 0 aliphatic heterocycles. The number of carbonyl (C=O) groups excluding carboxylic acids is 4. The molecule has 0 bridgehead atoms. The lowest BCUT2D eigenvalue weighted by molar-refractivity contribution is -0.142. The molecule has 0 rings (SSSR count). The molecule has 13 heteroatoms. The molecule has 12 nitrogen and oxygen atoms in total. The summed E-state index contributed by atoms with van der Waals surface area (Å²) in [5.74, 6) is -4.08. The maximum Gasteiger partial charge on any atom is 0.326 e. The number of hydrogen-bond acceptors (Lipinski definition) is 8. The van der Waals surface area contributed by atoms with Crippen molar-refractivity contribution < 1.29 is 34.2 Å². The van der Waals surface area contributed by atoms with Crippen molar-refractivity contribution in [2.75, 3.05) is 12.0 Å². The van der Waals surface area contributed by atoms with Gasteiger partial charge in [0.05, 0.1) is 12.5 Å². The van der Waals surface area contributed by atoms with E-state index in [0.717, 1.165) is 0 Å².